The van der Waals surface area contributed by atoms with Crippen LogP contribution in [0.25, 0.3) is 0 Å². The number of rotatable bonds is 4. The molecular weight excluding hydrogens is 280 g/mol. The van der Waals surface area contributed by atoms with Crippen LogP contribution >= 0.6 is 0 Å². The predicted octanol–water partition coefficient (Wildman–Crippen LogP) is 0.310. The Morgan fingerprint density at radius 2 is 2.29 bits per heavy atom. The maximum absolute atomic E-state index is 11.9. The number of hydrogen-bond acceptors (Lipinski definition) is 6. The smallest absolute Gasteiger partial charge is 0.288 e. The van der Waals surface area contributed by atoms with Gasteiger partial charge in [-0.2, -0.15) is 0 Å². The van der Waals surface area contributed by atoms with Gasteiger partial charge in [-0.15, -0.1) is 0 Å². The second kappa shape index (κ2) is 5.59. The first-order valence-corrected chi connectivity index (χ1v) is 5.87. The third kappa shape index (κ3) is 2.82. The lowest BCUT2D eigenvalue weighted by molar-refractivity contribution is -0.385. The Bertz CT molecular complexity index is 761. The maximum Gasteiger partial charge on any atom is 0.288 e. The molecule has 0 unspecified atom stereocenters. The summed E-state index contributed by atoms with van der Waals surface area (Å²) in [6.45, 7) is 1.36. The Morgan fingerprint density at radius 1 is 1.57 bits per heavy atom. The minimum atomic E-state index is -0.582. The van der Waals surface area contributed by atoms with Crippen molar-refractivity contribution in [3.63, 3.8) is 0 Å². The molecule has 0 atom stereocenters. The van der Waals surface area contributed by atoms with Crippen LogP contribution in [0.5, 0.6) is 0 Å². The van der Waals surface area contributed by atoms with E-state index in [1.807, 2.05) is 5.43 Å². The lowest BCUT2D eigenvalue weighted by atomic mass is 10.2. The largest absolute Gasteiger partial charge is 0.467 e. The minimum absolute atomic E-state index is 0.115. The molecule has 0 bridgehead atoms. The van der Waals surface area contributed by atoms with Gasteiger partial charge in [-0.1, -0.05) is 0 Å². The number of carbonyl (C=O) groups excluding carboxylic acids is 1. The van der Waals surface area contributed by atoms with Gasteiger partial charge in [0.05, 0.1) is 29.5 Å². The molecule has 0 aromatic carbocycles. The molecule has 0 aliphatic heterocycles. The molecule has 0 fully saturated rings. The molecule has 0 radical (unpaired) electrons. The van der Waals surface area contributed by atoms with Gasteiger partial charge in [0.1, 0.15) is 5.76 Å². The van der Waals surface area contributed by atoms with E-state index in [1.165, 1.54) is 19.3 Å². The molecule has 2 aromatic rings. The summed E-state index contributed by atoms with van der Waals surface area (Å²) in [5.41, 5.74) is 1.75. The van der Waals surface area contributed by atoms with Crippen LogP contribution in [-0.4, -0.2) is 15.4 Å². The third-order valence-corrected chi connectivity index (χ3v) is 2.94. The molecular formula is C12H12N4O5. The van der Waals surface area contributed by atoms with E-state index in [2.05, 4.69) is 0 Å². The molecule has 1 amide bonds. The molecule has 9 heteroatoms. The zero-order chi connectivity index (χ0) is 15.6. The minimum Gasteiger partial charge on any atom is -0.467 e. The van der Waals surface area contributed by atoms with Gasteiger partial charge in [0.2, 0.25) is 0 Å². The molecule has 2 rings (SSSR count). The zero-order valence-corrected chi connectivity index (χ0v) is 11.0. The van der Waals surface area contributed by atoms with Gasteiger partial charge in [0.15, 0.2) is 0 Å². The number of nitro groups is 1. The van der Waals surface area contributed by atoms with E-state index in [1.54, 1.807) is 0 Å². The summed E-state index contributed by atoms with van der Waals surface area (Å²) in [5.74, 6) is 4.64. The maximum atomic E-state index is 11.9. The fourth-order valence-electron chi connectivity index (χ4n) is 1.87. The lowest BCUT2D eigenvalue weighted by Crippen LogP contribution is -2.31. The van der Waals surface area contributed by atoms with Crippen LogP contribution in [0, 0.1) is 17.0 Å². The Balaban J connectivity index is 2.43. The highest BCUT2D eigenvalue weighted by Gasteiger charge is 2.17. The van der Waals surface area contributed by atoms with E-state index >= 15 is 0 Å². The summed E-state index contributed by atoms with van der Waals surface area (Å²) in [7, 11) is 0. The normalized spacial score (nSPS) is 10.4. The van der Waals surface area contributed by atoms with Crippen LogP contribution in [0.4, 0.5) is 5.69 Å². The summed E-state index contributed by atoms with van der Waals surface area (Å²) in [5, 5.41) is 10.9. The number of nitrogens with zero attached hydrogens (tertiary/aromatic N) is 2. The number of furan rings is 1. The number of carbonyl (C=O) groups is 1. The molecule has 110 valence electrons. The number of hydrogen-bond donors (Lipinski definition) is 2. The van der Waals surface area contributed by atoms with E-state index in [9.17, 15) is 19.7 Å². The van der Waals surface area contributed by atoms with Crippen molar-refractivity contribution in [3.05, 3.63) is 61.9 Å². The monoisotopic (exact) mass is 292 g/mol. The molecule has 0 aliphatic carbocycles. The second-order valence-electron chi connectivity index (χ2n) is 4.30. The first kappa shape index (κ1) is 14.5. The van der Waals surface area contributed by atoms with E-state index in [0.717, 1.165) is 16.8 Å². The summed E-state index contributed by atoms with van der Waals surface area (Å²) < 4.78 is 6.23. The van der Waals surface area contributed by atoms with Gasteiger partial charge in [0, 0.05) is 11.6 Å². The number of aromatic nitrogens is 1. The molecule has 0 aliphatic rings. The second-order valence-corrected chi connectivity index (χ2v) is 4.30. The number of pyridine rings is 1. The van der Waals surface area contributed by atoms with Gasteiger partial charge in [-0.25, -0.2) is 5.84 Å². The van der Waals surface area contributed by atoms with Gasteiger partial charge in [0.25, 0.3) is 17.2 Å². The van der Waals surface area contributed by atoms with Crippen molar-refractivity contribution >= 4 is 11.6 Å². The molecule has 9 nitrogen and oxygen atoms in total. The molecule has 21 heavy (non-hydrogen) atoms. The van der Waals surface area contributed by atoms with E-state index in [0.29, 0.717) is 0 Å². The van der Waals surface area contributed by atoms with Crippen molar-refractivity contribution < 1.29 is 14.1 Å². The van der Waals surface area contributed by atoms with Crippen LogP contribution in [0.2, 0.25) is 0 Å². The van der Waals surface area contributed by atoms with Crippen molar-refractivity contribution in [2.24, 2.45) is 5.84 Å². The van der Waals surface area contributed by atoms with Gasteiger partial charge in [-0.3, -0.25) is 25.1 Å². The van der Waals surface area contributed by atoms with Crippen LogP contribution in [0.15, 0.2) is 33.8 Å². The van der Waals surface area contributed by atoms with E-state index in [-0.39, 0.29) is 29.1 Å². The lowest BCUT2D eigenvalue weighted by Gasteiger charge is -2.06. The number of hydrazine groups is 1. The highest BCUT2D eigenvalue weighted by Crippen LogP contribution is 2.16. The topological polar surface area (TPSA) is 133 Å². The highest BCUT2D eigenvalue weighted by molar-refractivity contribution is 5.94. The first-order valence-electron chi connectivity index (χ1n) is 5.87. The Kier molecular flexibility index (Phi) is 3.85. The van der Waals surface area contributed by atoms with Crippen molar-refractivity contribution in [1.29, 1.82) is 0 Å². The number of amides is 1. The summed E-state index contributed by atoms with van der Waals surface area (Å²) in [6.07, 6.45) is 2.39. The van der Waals surface area contributed by atoms with Gasteiger partial charge < -0.3 is 8.98 Å². The number of aryl methyl sites for hydroxylation is 1. The zero-order valence-electron chi connectivity index (χ0n) is 11.0. The van der Waals surface area contributed by atoms with Crippen molar-refractivity contribution in [3.8, 4) is 0 Å². The van der Waals surface area contributed by atoms with E-state index < -0.39 is 16.4 Å². The van der Waals surface area contributed by atoms with Gasteiger partial charge in [-0.05, 0) is 13.0 Å². The Labute approximate surface area is 118 Å². The number of nitrogen functional groups attached to an aromatic ring is 1. The summed E-state index contributed by atoms with van der Waals surface area (Å²) >= 11 is 0. The average Bonchev–Trinajstić information content (AvgIpc) is 2.88. The fraction of sp³-hybridized carbons (Fsp3) is 0.167. The predicted molar refractivity (Wildman–Crippen MR) is 71.6 cm³/mol. The van der Waals surface area contributed by atoms with E-state index in [4.69, 9.17) is 10.3 Å². The SMILES string of the molecule is Cc1cc(=O)n(Cc2occc2C(=O)NN)cc1[N+](=O)[O-]. The summed E-state index contributed by atoms with van der Waals surface area (Å²) in [4.78, 5) is 33.7. The third-order valence-electron chi connectivity index (χ3n) is 2.94. The molecule has 3 N–H and O–H groups in total. The summed E-state index contributed by atoms with van der Waals surface area (Å²) in [6, 6.07) is 2.55. The standard InChI is InChI=1S/C12H12N4O5/c1-7-4-11(17)15(5-9(7)16(19)20)6-10-8(2-3-21-10)12(18)14-13/h2-5H,6,13H2,1H3,(H,14,18). The van der Waals surface area contributed by atoms with Crippen LogP contribution in [0.3, 0.4) is 0 Å². The van der Waals surface area contributed by atoms with Gasteiger partial charge >= 0.3 is 0 Å². The molecule has 2 heterocycles. The van der Waals surface area contributed by atoms with Crippen molar-refractivity contribution in [1.82, 2.24) is 9.99 Å². The Hall–Kier alpha value is -2.94. The molecule has 0 saturated carbocycles. The first-order chi connectivity index (χ1) is 9.93. The Morgan fingerprint density at radius 3 is 2.90 bits per heavy atom. The van der Waals surface area contributed by atoms with Crippen molar-refractivity contribution in [2.75, 3.05) is 0 Å². The number of nitrogens with two attached hydrogens (primary N) is 1. The highest BCUT2D eigenvalue weighted by atomic mass is 16.6. The molecule has 0 spiro atoms. The fourth-order valence-corrected chi connectivity index (χ4v) is 1.87. The van der Waals surface area contributed by atoms with Crippen LogP contribution in [0.1, 0.15) is 21.7 Å². The molecule has 0 saturated heterocycles. The quantitative estimate of drug-likeness (QED) is 0.360. The molecule has 2 aromatic heterocycles. The number of nitrogens with one attached hydrogen (secondary N) is 1. The average molecular weight is 292 g/mol. The van der Waals surface area contributed by atoms with Crippen LogP contribution < -0.4 is 16.8 Å². The van der Waals surface area contributed by atoms with Crippen LogP contribution in [-0.2, 0) is 6.54 Å². The van der Waals surface area contributed by atoms with Crippen molar-refractivity contribution in [2.45, 2.75) is 13.5 Å².